The zero-order valence-corrected chi connectivity index (χ0v) is 16.8. The van der Waals surface area contributed by atoms with E-state index in [9.17, 15) is 0 Å². The Morgan fingerprint density at radius 1 is 0.600 bits per heavy atom. The zero-order chi connectivity index (χ0) is 19.9. The molecule has 1 aliphatic carbocycles. The Morgan fingerprint density at radius 2 is 1.20 bits per heavy atom. The fraction of sp³-hybridized carbons (Fsp3) is 0. The number of fused-ring (bicyclic) bond motifs is 3. The SMILES string of the molecule is C(=C1c2ccccc2-c2ccccc21)c1ccc(-c2nnc(-c3ccccc3)o2)s1. The van der Waals surface area contributed by atoms with E-state index >= 15 is 0 Å². The van der Waals surface area contributed by atoms with Gasteiger partial charge >= 0.3 is 0 Å². The third-order valence-corrected chi connectivity index (χ3v) is 6.31. The molecule has 0 bridgehead atoms. The van der Waals surface area contributed by atoms with Gasteiger partial charge in [-0.05, 0) is 58.2 Å². The van der Waals surface area contributed by atoms with Gasteiger partial charge in [-0.3, -0.25) is 0 Å². The monoisotopic (exact) mass is 404 g/mol. The maximum atomic E-state index is 5.92. The van der Waals surface area contributed by atoms with E-state index in [1.165, 1.54) is 27.8 Å². The lowest BCUT2D eigenvalue weighted by Crippen LogP contribution is -1.79. The molecule has 0 fully saturated rings. The Hall–Kier alpha value is -3.76. The molecule has 142 valence electrons. The Morgan fingerprint density at radius 3 is 1.90 bits per heavy atom. The smallest absolute Gasteiger partial charge is 0.258 e. The van der Waals surface area contributed by atoms with Crippen LogP contribution in [-0.4, -0.2) is 10.2 Å². The van der Waals surface area contributed by atoms with Crippen LogP contribution < -0.4 is 0 Å². The van der Waals surface area contributed by atoms with Crippen LogP contribution in [0.2, 0.25) is 0 Å². The summed E-state index contributed by atoms with van der Waals surface area (Å²) in [6.45, 7) is 0. The van der Waals surface area contributed by atoms with E-state index in [4.69, 9.17) is 4.42 Å². The van der Waals surface area contributed by atoms with Crippen LogP contribution in [0.15, 0.2) is 95.4 Å². The average Bonchev–Trinajstić information content (AvgIpc) is 3.53. The largest absolute Gasteiger partial charge is 0.415 e. The van der Waals surface area contributed by atoms with Crippen LogP contribution in [0.3, 0.4) is 0 Å². The number of rotatable bonds is 3. The second kappa shape index (κ2) is 6.94. The van der Waals surface area contributed by atoms with Crippen molar-refractivity contribution in [3.05, 3.63) is 107 Å². The van der Waals surface area contributed by atoms with E-state index in [0.29, 0.717) is 11.8 Å². The number of benzene rings is 3. The Bertz CT molecular complexity index is 1350. The van der Waals surface area contributed by atoms with E-state index in [0.717, 1.165) is 15.3 Å². The number of nitrogens with zero attached hydrogens (tertiary/aromatic N) is 2. The van der Waals surface area contributed by atoms with Crippen LogP contribution in [0, 0.1) is 0 Å². The van der Waals surface area contributed by atoms with Crippen LogP contribution in [0.4, 0.5) is 0 Å². The Balaban J connectivity index is 1.38. The lowest BCUT2D eigenvalue weighted by molar-refractivity contribution is 0.586. The third-order valence-electron chi connectivity index (χ3n) is 5.29. The zero-order valence-electron chi connectivity index (χ0n) is 15.9. The molecule has 0 spiro atoms. The molecule has 0 aliphatic heterocycles. The summed E-state index contributed by atoms with van der Waals surface area (Å²) >= 11 is 1.66. The second-order valence-electron chi connectivity index (χ2n) is 7.13. The quantitative estimate of drug-likeness (QED) is 0.318. The summed E-state index contributed by atoms with van der Waals surface area (Å²) in [6, 6.07) is 31.2. The van der Waals surface area contributed by atoms with Gasteiger partial charge in [0, 0.05) is 10.4 Å². The van der Waals surface area contributed by atoms with Gasteiger partial charge in [-0.1, -0.05) is 66.7 Å². The van der Waals surface area contributed by atoms with Crippen molar-refractivity contribution in [2.75, 3.05) is 0 Å². The van der Waals surface area contributed by atoms with Crippen LogP contribution >= 0.6 is 11.3 Å². The summed E-state index contributed by atoms with van der Waals surface area (Å²) in [5.41, 5.74) is 7.32. The first-order chi connectivity index (χ1) is 14.9. The van der Waals surface area contributed by atoms with Crippen molar-refractivity contribution in [2.24, 2.45) is 0 Å². The van der Waals surface area contributed by atoms with E-state index in [1.54, 1.807) is 11.3 Å². The summed E-state index contributed by atoms with van der Waals surface area (Å²) in [7, 11) is 0. The lowest BCUT2D eigenvalue weighted by atomic mass is 10.0. The highest BCUT2D eigenvalue weighted by molar-refractivity contribution is 7.16. The molecule has 0 saturated carbocycles. The van der Waals surface area contributed by atoms with Crippen molar-refractivity contribution in [3.8, 4) is 33.3 Å². The van der Waals surface area contributed by atoms with E-state index < -0.39 is 0 Å². The van der Waals surface area contributed by atoms with Gasteiger partial charge in [0.25, 0.3) is 5.89 Å². The molecular formula is C26H16N2OS. The first kappa shape index (κ1) is 17.1. The summed E-state index contributed by atoms with van der Waals surface area (Å²) in [5.74, 6) is 1.09. The molecule has 0 atom stereocenters. The van der Waals surface area contributed by atoms with Crippen molar-refractivity contribution >= 4 is 23.0 Å². The van der Waals surface area contributed by atoms with E-state index in [1.807, 2.05) is 36.4 Å². The molecule has 4 heteroatoms. The van der Waals surface area contributed by atoms with Gasteiger partial charge < -0.3 is 4.42 Å². The van der Waals surface area contributed by atoms with Crippen molar-refractivity contribution < 1.29 is 4.42 Å². The third kappa shape index (κ3) is 2.81. The molecule has 2 heterocycles. The molecule has 30 heavy (non-hydrogen) atoms. The molecule has 0 saturated heterocycles. The molecule has 0 radical (unpaired) electrons. The summed E-state index contributed by atoms with van der Waals surface area (Å²) in [5, 5.41) is 8.46. The highest BCUT2D eigenvalue weighted by Crippen LogP contribution is 2.45. The average molecular weight is 404 g/mol. The summed E-state index contributed by atoms with van der Waals surface area (Å²) in [4.78, 5) is 2.13. The van der Waals surface area contributed by atoms with Gasteiger partial charge in [-0.15, -0.1) is 21.5 Å². The van der Waals surface area contributed by atoms with Crippen LogP contribution in [0.5, 0.6) is 0 Å². The molecule has 5 aromatic rings. The number of aromatic nitrogens is 2. The Labute approximate surface area is 178 Å². The van der Waals surface area contributed by atoms with Crippen LogP contribution in [0.25, 0.3) is 45.0 Å². The summed E-state index contributed by atoms with van der Waals surface area (Å²) in [6.07, 6.45) is 2.26. The second-order valence-corrected chi connectivity index (χ2v) is 8.24. The number of hydrogen-bond donors (Lipinski definition) is 0. The number of thiophene rings is 1. The van der Waals surface area contributed by atoms with Crippen molar-refractivity contribution in [1.82, 2.24) is 10.2 Å². The topological polar surface area (TPSA) is 38.9 Å². The molecule has 2 aromatic heterocycles. The minimum Gasteiger partial charge on any atom is -0.415 e. The summed E-state index contributed by atoms with van der Waals surface area (Å²) < 4.78 is 5.92. The minimum absolute atomic E-state index is 0.539. The number of hydrogen-bond acceptors (Lipinski definition) is 4. The lowest BCUT2D eigenvalue weighted by Gasteiger charge is -2.01. The van der Waals surface area contributed by atoms with Crippen molar-refractivity contribution in [1.29, 1.82) is 0 Å². The molecule has 0 unspecified atom stereocenters. The van der Waals surface area contributed by atoms with E-state index in [2.05, 4.69) is 70.9 Å². The van der Waals surface area contributed by atoms with Gasteiger partial charge in [-0.2, -0.15) is 0 Å². The minimum atomic E-state index is 0.539. The van der Waals surface area contributed by atoms with Crippen molar-refractivity contribution in [3.63, 3.8) is 0 Å². The molecule has 3 aromatic carbocycles. The van der Waals surface area contributed by atoms with Gasteiger partial charge in [0.1, 0.15) is 0 Å². The fourth-order valence-electron chi connectivity index (χ4n) is 3.91. The molecule has 6 rings (SSSR count). The fourth-order valence-corrected chi connectivity index (χ4v) is 4.79. The molecule has 1 aliphatic rings. The maximum absolute atomic E-state index is 5.92. The first-order valence-electron chi connectivity index (χ1n) is 9.77. The molecule has 0 N–H and O–H groups in total. The first-order valence-corrected chi connectivity index (χ1v) is 10.6. The highest BCUT2D eigenvalue weighted by atomic mass is 32.1. The van der Waals surface area contributed by atoms with Gasteiger partial charge in [-0.25, -0.2) is 0 Å². The highest BCUT2D eigenvalue weighted by Gasteiger charge is 2.22. The standard InChI is InChI=1S/C26H16N2OS/c1-2-8-17(9-3-1)25-27-28-26(29-25)24-15-14-18(30-24)16-23-21-12-6-4-10-19(21)20-11-5-7-13-22(20)23/h1-16H. The van der Waals surface area contributed by atoms with Crippen molar-refractivity contribution in [2.45, 2.75) is 0 Å². The van der Waals surface area contributed by atoms with E-state index in [-0.39, 0.29) is 0 Å². The predicted molar refractivity (Wildman–Crippen MR) is 122 cm³/mol. The van der Waals surface area contributed by atoms with Gasteiger partial charge in [0.15, 0.2) is 0 Å². The normalized spacial score (nSPS) is 11.9. The molecule has 0 amide bonds. The van der Waals surface area contributed by atoms with Gasteiger partial charge in [0.2, 0.25) is 5.89 Å². The Kier molecular flexibility index (Phi) is 3.96. The molecule has 3 nitrogen and oxygen atoms in total. The van der Waals surface area contributed by atoms with Crippen LogP contribution in [-0.2, 0) is 0 Å². The van der Waals surface area contributed by atoms with Crippen LogP contribution in [0.1, 0.15) is 16.0 Å². The predicted octanol–water partition coefficient (Wildman–Crippen LogP) is 7.03. The van der Waals surface area contributed by atoms with Gasteiger partial charge in [0.05, 0.1) is 4.88 Å². The molecular weight excluding hydrogens is 388 g/mol. The maximum Gasteiger partial charge on any atom is 0.258 e.